The molecule has 4 atom stereocenters. The molecule has 98 valence electrons. The van der Waals surface area contributed by atoms with E-state index in [1.165, 1.54) is 19.3 Å². The van der Waals surface area contributed by atoms with Crippen molar-refractivity contribution >= 4 is 30.0 Å². The third kappa shape index (κ3) is 2.24. The molecule has 2 fully saturated rings. The van der Waals surface area contributed by atoms with Crippen LogP contribution in [0.5, 0.6) is 0 Å². The van der Waals surface area contributed by atoms with E-state index in [-0.39, 0.29) is 0 Å². The summed E-state index contributed by atoms with van der Waals surface area (Å²) in [4.78, 5) is 7.88. The van der Waals surface area contributed by atoms with Crippen molar-refractivity contribution in [3.8, 4) is 0 Å². The van der Waals surface area contributed by atoms with E-state index in [0.717, 1.165) is 26.7 Å². The maximum atomic E-state index is 6.04. The molecule has 0 nitrogen and oxygen atoms in total. The average Bonchev–Trinajstić information content (AvgIpc) is 2.88. The van der Waals surface area contributed by atoms with E-state index in [4.69, 9.17) is 11.6 Å². The second kappa shape index (κ2) is 4.70. The fraction of sp³-hybridized carbons (Fsp3) is 0.625. The van der Waals surface area contributed by atoms with E-state index < -0.39 is 18.4 Å². The van der Waals surface area contributed by atoms with Gasteiger partial charge in [0.25, 0.3) is 0 Å². The molecule has 0 heterocycles. The van der Waals surface area contributed by atoms with Gasteiger partial charge in [-0.15, -0.1) is 0 Å². The predicted molar refractivity (Wildman–Crippen MR) is 82.1 cm³/mol. The zero-order valence-corrected chi connectivity index (χ0v) is 15.2. The summed E-state index contributed by atoms with van der Waals surface area (Å²) in [7, 11) is 0. The van der Waals surface area contributed by atoms with E-state index in [1.807, 2.05) is 0 Å². The first kappa shape index (κ1) is 13.3. The van der Waals surface area contributed by atoms with E-state index in [9.17, 15) is 0 Å². The molecule has 2 bridgehead atoms. The summed E-state index contributed by atoms with van der Waals surface area (Å²) in [5, 5.41) is 0.873. The monoisotopic (exact) mass is 370 g/mol. The summed E-state index contributed by atoms with van der Waals surface area (Å²) in [6.07, 6.45) is 4.48. The quantitative estimate of drug-likeness (QED) is 0.599. The molecule has 0 amide bonds. The Morgan fingerprint density at radius 2 is 1.61 bits per heavy atom. The van der Waals surface area contributed by atoms with E-state index in [0.29, 0.717) is 0 Å². The van der Waals surface area contributed by atoms with Gasteiger partial charge in [-0.05, 0) is 0 Å². The standard InChI is InChI=1S/C13H14Cl.3CH3.Sn/c14-12-5-3-10(4-6-12)13-8-9-1-2-11(13)7-9;;;;/h3-6,8-9,11,13H,1-2,7H2;3*1H3;/t9-,11+,13-;;;;/m0..../s1. The van der Waals surface area contributed by atoms with Crippen molar-refractivity contribution in [1.82, 2.24) is 0 Å². The molecule has 0 radical (unpaired) electrons. The third-order valence-electron chi connectivity index (χ3n) is 5.17. The van der Waals surface area contributed by atoms with Crippen molar-refractivity contribution in [2.24, 2.45) is 11.8 Å². The molecule has 2 heteroatoms. The minimum atomic E-state index is -1.83. The Kier molecular flexibility index (Phi) is 3.47. The summed E-state index contributed by atoms with van der Waals surface area (Å²) in [5.41, 5.74) is 1.57. The van der Waals surface area contributed by atoms with Crippen molar-refractivity contribution in [2.45, 2.75) is 43.9 Å². The fourth-order valence-electron chi connectivity index (χ4n) is 4.70. The van der Waals surface area contributed by atoms with E-state index in [1.54, 1.807) is 5.56 Å². The molecule has 0 aliphatic heterocycles. The van der Waals surface area contributed by atoms with Crippen LogP contribution >= 0.6 is 11.6 Å². The molecule has 0 N–H and O–H groups in total. The van der Waals surface area contributed by atoms with Gasteiger partial charge in [0.1, 0.15) is 0 Å². The molecule has 18 heavy (non-hydrogen) atoms. The van der Waals surface area contributed by atoms with Crippen LogP contribution in [-0.4, -0.2) is 18.4 Å². The zero-order valence-electron chi connectivity index (χ0n) is 11.6. The molecule has 0 unspecified atom stereocenters. The maximum absolute atomic E-state index is 6.04. The zero-order chi connectivity index (χ0) is 12.9. The number of halogens is 1. The van der Waals surface area contributed by atoms with Gasteiger partial charge in [0, 0.05) is 0 Å². The van der Waals surface area contributed by atoms with Crippen molar-refractivity contribution in [3.05, 3.63) is 34.9 Å². The average molecular weight is 370 g/mol. The van der Waals surface area contributed by atoms with Crippen LogP contribution in [0.1, 0.15) is 30.7 Å². The van der Waals surface area contributed by atoms with Crippen molar-refractivity contribution in [2.75, 3.05) is 0 Å². The number of rotatable bonds is 2. The van der Waals surface area contributed by atoms with Gasteiger partial charge in [-0.1, -0.05) is 0 Å². The Morgan fingerprint density at radius 1 is 1.00 bits per heavy atom. The Morgan fingerprint density at radius 3 is 2.22 bits per heavy atom. The molecule has 2 aliphatic rings. The summed E-state index contributed by atoms with van der Waals surface area (Å²) >= 11 is 4.20. The normalized spacial score (nSPS) is 35.1. The first-order valence-corrected chi connectivity index (χ1v) is 17.8. The van der Waals surface area contributed by atoms with E-state index >= 15 is 0 Å². The van der Waals surface area contributed by atoms with Gasteiger partial charge in [-0.25, -0.2) is 0 Å². The van der Waals surface area contributed by atoms with Gasteiger partial charge >= 0.3 is 121 Å². The predicted octanol–water partition coefficient (Wildman–Crippen LogP) is 5.56. The molecule has 0 aromatic heterocycles. The topological polar surface area (TPSA) is 0 Å². The first-order chi connectivity index (χ1) is 8.47. The summed E-state index contributed by atoms with van der Waals surface area (Å²) < 4.78 is 1.05. The van der Waals surface area contributed by atoms with E-state index in [2.05, 4.69) is 39.1 Å². The SMILES string of the molecule is [CH3][Sn]([CH3])([CH3])[C@@H]1[C@H]2CC[C@H](C2)[C@@H]1c1ccc(Cl)cc1. The molecule has 3 rings (SSSR count). The summed E-state index contributed by atoms with van der Waals surface area (Å²) in [5.74, 6) is 2.88. The van der Waals surface area contributed by atoms with Crippen LogP contribution in [0.4, 0.5) is 0 Å². The Labute approximate surface area is 120 Å². The second-order valence-corrected chi connectivity index (χ2v) is 23.1. The Balaban J connectivity index is 1.96. The molecule has 1 aromatic carbocycles. The fourth-order valence-corrected chi connectivity index (χ4v) is 14.1. The second-order valence-electron chi connectivity index (χ2n) is 7.30. The van der Waals surface area contributed by atoms with Crippen LogP contribution in [0.25, 0.3) is 0 Å². The molecule has 2 saturated carbocycles. The molecule has 1 aromatic rings. The molecule has 0 spiro atoms. The van der Waals surface area contributed by atoms with Crippen molar-refractivity contribution < 1.29 is 0 Å². The number of hydrogen-bond donors (Lipinski definition) is 0. The van der Waals surface area contributed by atoms with Gasteiger partial charge in [0.15, 0.2) is 0 Å². The summed E-state index contributed by atoms with van der Waals surface area (Å²) in [6, 6.07) is 8.74. The van der Waals surface area contributed by atoms with Crippen LogP contribution in [-0.2, 0) is 0 Å². The summed E-state index contributed by atoms with van der Waals surface area (Å²) in [6.45, 7) is 0. The molecule has 2 aliphatic carbocycles. The van der Waals surface area contributed by atoms with Gasteiger partial charge < -0.3 is 0 Å². The number of hydrogen-bond acceptors (Lipinski definition) is 0. The third-order valence-corrected chi connectivity index (χ3v) is 13.5. The van der Waals surface area contributed by atoms with Crippen LogP contribution in [0, 0.1) is 11.8 Å². The van der Waals surface area contributed by atoms with Crippen molar-refractivity contribution in [3.63, 3.8) is 0 Å². The van der Waals surface area contributed by atoms with Gasteiger partial charge in [-0.2, -0.15) is 0 Å². The van der Waals surface area contributed by atoms with Crippen LogP contribution < -0.4 is 0 Å². The van der Waals surface area contributed by atoms with Crippen LogP contribution in [0.15, 0.2) is 24.3 Å². The number of fused-ring (bicyclic) bond motifs is 2. The molecular weight excluding hydrogens is 346 g/mol. The number of benzene rings is 1. The first-order valence-electron chi connectivity index (χ1n) is 7.22. The van der Waals surface area contributed by atoms with Crippen LogP contribution in [0.3, 0.4) is 0 Å². The van der Waals surface area contributed by atoms with Crippen LogP contribution in [0.2, 0.25) is 23.8 Å². The Bertz CT molecular complexity index is 431. The molecule has 0 saturated heterocycles. The minimum absolute atomic E-state index is 0.858. The van der Waals surface area contributed by atoms with Gasteiger partial charge in [0.2, 0.25) is 0 Å². The molecular formula is C16H23ClSn. The van der Waals surface area contributed by atoms with Gasteiger partial charge in [0.05, 0.1) is 0 Å². The van der Waals surface area contributed by atoms with Crippen molar-refractivity contribution in [1.29, 1.82) is 0 Å². The van der Waals surface area contributed by atoms with Gasteiger partial charge in [-0.3, -0.25) is 0 Å². The Hall–Kier alpha value is 0.309.